The number of hydrogen-bond acceptors (Lipinski definition) is 8. The molecule has 10 heteroatoms. The Labute approximate surface area is 282 Å². The maximum Gasteiger partial charge on any atom is 0.248 e. The Morgan fingerprint density at radius 2 is 1.73 bits per heavy atom. The van der Waals surface area contributed by atoms with Crippen molar-refractivity contribution >= 4 is 33.7 Å². The number of nitrogen functional groups attached to an aromatic ring is 2. The summed E-state index contributed by atoms with van der Waals surface area (Å²) >= 11 is 0. The molecule has 248 valence electrons. The highest BCUT2D eigenvalue weighted by atomic mass is 16.1. The molecule has 0 radical (unpaired) electrons. The number of benzene rings is 4. The van der Waals surface area contributed by atoms with Crippen LogP contribution in [-0.4, -0.2) is 53.1 Å². The topological polar surface area (TPSA) is 158 Å². The van der Waals surface area contributed by atoms with Gasteiger partial charge in [-0.1, -0.05) is 56.3 Å². The molecule has 1 fully saturated rings. The van der Waals surface area contributed by atoms with Crippen molar-refractivity contribution in [2.24, 2.45) is 11.7 Å². The van der Waals surface area contributed by atoms with Gasteiger partial charge in [0.05, 0.1) is 12.6 Å². The van der Waals surface area contributed by atoms with Crippen molar-refractivity contribution in [2.45, 2.75) is 45.6 Å². The van der Waals surface area contributed by atoms with E-state index in [1.54, 1.807) is 6.33 Å². The van der Waals surface area contributed by atoms with Crippen molar-refractivity contribution in [2.75, 3.05) is 37.6 Å². The molecule has 48 heavy (non-hydrogen) atoms. The van der Waals surface area contributed by atoms with Crippen LogP contribution in [0, 0.1) is 5.92 Å². The number of fused-ring (bicyclic) bond motifs is 1. The number of carbonyl (C=O) groups excluding carboxylic acids is 1. The third kappa shape index (κ3) is 7.79. The van der Waals surface area contributed by atoms with Gasteiger partial charge >= 0.3 is 0 Å². The first kappa shape index (κ1) is 33.0. The molecule has 0 saturated carbocycles. The Balaban J connectivity index is 1.25. The standard InChI is InChI=1S/C38H45N9O/c1-25(2)17-33-23-47(16-15-42-33,35-12-10-30(38(41)48)21-31(35)20-29-5-3-4-6-34(29)40)45-14-13-36-43-24-44-37(46-36)19-26-7-8-28-22-32(39)11-9-27(28)18-26/h3-12,18,21-22,24-25,33,42,45H,13-17,19-20,23,39-40H2,1-2H3,(H-,41,48)/p+1. The van der Waals surface area contributed by atoms with Gasteiger partial charge in [-0.25, -0.2) is 19.5 Å². The third-order valence-corrected chi connectivity index (χ3v) is 9.20. The first-order chi connectivity index (χ1) is 23.2. The number of nitrogens with zero attached hydrogens (tertiary/aromatic N) is 4. The van der Waals surface area contributed by atoms with Crippen LogP contribution >= 0.6 is 0 Å². The van der Waals surface area contributed by atoms with E-state index in [1.807, 2.05) is 54.6 Å². The highest BCUT2D eigenvalue weighted by molar-refractivity contribution is 5.93. The van der Waals surface area contributed by atoms with Gasteiger partial charge in [0.2, 0.25) is 5.91 Å². The minimum atomic E-state index is -0.444. The van der Waals surface area contributed by atoms with Crippen LogP contribution in [-0.2, 0) is 19.3 Å². The lowest BCUT2D eigenvalue weighted by Gasteiger charge is -2.45. The first-order valence-corrected chi connectivity index (χ1v) is 16.7. The molecule has 0 bridgehead atoms. The second kappa shape index (κ2) is 14.5. The Bertz CT molecular complexity index is 1910. The number of amides is 1. The second-order valence-corrected chi connectivity index (χ2v) is 13.3. The number of piperazine rings is 1. The number of carbonyl (C=O) groups is 1. The summed E-state index contributed by atoms with van der Waals surface area (Å²) in [5.74, 6) is 1.59. The Kier molecular flexibility index (Phi) is 9.95. The maximum atomic E-state index is 12.3. The molecule has 2 heterocycles. The average molecular weight is 645 g/mol. The lowest BCUT2D eigenvalue weighted by Crippen LogP contribution is -2.70. The molecule has 1 aromatic heterocycles. The molecular weight excluding hydrogens is 598 g/mol. The molecule has 1 saturated heterocycles. The number of aromatic nitrogens is 3. The van der Waals surface area contributed by atoms with Crippen molar-refractivity contribution in [3.8, 4) is 0 Å². The fourth-order valence-corrected chi connectivity index (χ4v) is 6.93. The van der Waals surface area contributed by atoms with Gasteiger partial charge in [-0.2, -0.15) is 5.43 Å². The zero-order valence-corrected chi connectivity index (χ0v) is 27.8. The highest BCUT2D eigenvalue weighted by Crippen LogP contribution is 2.32. The summed E-state index contributed by atoms with van der Waals surface area (Å²) < 4.78 is 0.561. The lowest BCUT2D eigenvalue weighted by molar-refractivity contribution is 0.0999. The summed E-state index contributed by atoms with van der Waals surface area (Å²) in [6, 6.07) is 26.4. The number of primary amides is 1. The van der Waals surface area contributed by atoms with E-state index in [9.17, 15) is 4.79 Å². The number of hydrogen-bond donors (Lipinski definition) is 5. The molecule has 6 rings (SSSR count). The minimum absolute atomic E-state index is 0.318. The van der Waals surface area contributed by atoms with Crippen molar-refractivity contribution in [1.82, 2.24) is 30.3 Å². The third-order valence-electron chi connectivity index (χ3n) is 9.20. The molecule has 5 aromatic rings. The van der Waals surface area contributed by atoms with Crippen molar-refractivity contribution in [3.05, 3.63) is 119 Å². The van der Waals surface area contributed by atoms with Crippen LogP contribution in [0.5, 0.6) is 0 Å². The van der Waals surface area contributed by atoms with E-state index in [-0.39, 0.29) is 0 Å². The van der Waals surface area contributed by atoms with Crippen LogP contribution in [0.4, 0.5) is 17.1 Å². The molecular formula is C38H46N9O+. The summed E-state index contributed by atoms with van der Waals surface area (Å²) in [5, 5.41) is 6.00. The smallest absolute Gasteiger partial charge is 0.248 e. The summed E-state index contributed by atoms with van der Waals surface area (Å²) in [6.45, 7) is 7.70. The molecule has 2 unspecified atom stereocenters. The van der Waals surface area contributed by atoms with Crippen molar-refractivity contribution in [1.29, 1.82) is 0 Å². The van der Waals surface area contributed by atoms with Crippen LogP contribution in [0.25, 0.3) is 10.8 Å². The summed E-state index contributed by atoms with van der Waals surface area (Å²) in [4.78, 5) is 26.2. The fourth-order valence-electron chi connectivity index (χ4n) is 6.93. The van der Waals surface area contributed by atoms with Crippen LogP contribution in [0.2, 0.25) is 0 Å². The van der Waals surface area contributed by atoms with E-state index >= 15 is 0 Å². The summed E-state index contributed by atoms with van der Waals surface area (Å²) in [6.07, 6.45) is 4.50. The predicted octanol–water partition coefficient (Wildman–Crippen LogP) is 4.54. The van der Waals surface area contributed by atoms with Gasteiger partial charge in [-0.05, 0) is 64.6 Å². The molecule has 8 N–H and O–H groups in total. The summed E-state index contributed by atoms with van der Waals surface area (Å²) in [7, 11) is 0. The van der Waals surface area contributed by atoms with E-state index in [1.165, 1.54) is 0 Å². The van der Waals surface area contributed by atoms with Gasteiger partial charge in [0.25, 0.3) is 0 Å². The van der Waals surface area contributed by atoms with Crippen LogP contribution in [0.1, 0.15) is 59.0 Å². The maximum absolute atomic E-state index is 12.3. The number of rotatable bonds is 12. The molecule has 1 amide bonds. The van der Waals surface area contributed by atoms with Gasteiger partial charge in [-0.15, -0.1) is 0 Å². The Hall–Kier alpha value is -4.90. The van der Waals surface area contributed by atoms with Gasteiger partial charge < -0.3 is 22.5 Å². The molecule has 2 atom stereocenters. The molecule has 10 nitrogen and oxygen atoms in total. The molecule has 4 aromatic carbocycles. The largest absolute Gasteiger partial charge is 0.399 e. The number of quaternary nitrogens is 1. The lowest BCUT2D eigenvalue weighted by atomic mass is 9.96. The quantitative estimate of drug-likeness (QED) is 0.0979. The molecule has 1 aliphatic rings. The summed E-state index contributed by atoms with van der Waals surface area (Å²) in [5.41, 5.74) is 28.3. The van der Waals surface area contributed by atoms with E-state index in [0.29, 0.717) is 47.9 Å². The number of para-hydroxylation sites is 1. The SMILES string of the molecule is CC(C)CC1C[N+](NCCc2ncnc(Cc3ccc4cc(N)ccc4c3)n2)(c2ccc(C(N)=O)cc2Cc2ccccc2N)CCN1. The monoisotopic (exact) mass is 644 g/mol. The normalized spacial score (nSPS) is 17.9. The van der Waals surface area contributed by atoms with E-state index < -0.39 is 5.91 Å². The van der Waals surface area contributed by atoms with Crippen molar-refractivity contribution in [3.63, 3.8) is 0 Å². The zero-order valence-electron chi connectivity index (χ0n) is 27.8. The predicted molar refractivity (Wildman–Crippen MR) is 194 cm³/mol. The Morgan fingerprint density at radius 3 is 2.54 bits per heavy atom. The van der Waals surface area contributed by atoms with Gasteiger partial charge in [0, 0.05) is 54.4 Å². The van der Waals surface area contributed by atoms with Gasteiger partial charge in [0.15, 0.2) is 5.69 Å². The second-order valence-electron chi connectivity index (χ2n) is 13.3. The molecule has 0 aliphatic carbocycles. The van der Waals surface area contributed by atoms with Gasteiger partial charge in [0.1, 0.15) is 31.1 Å². The van der Waals surface area contributed by atoms with Crippen molar-refractivity contribution < 1.29 is 4.79 Å². The minimum Gasteiger partial charge on any atom is -0.399 e. The fraction of sp³-hybridized carbons (Fsp3) is 0.316. The number of nitrogens with two attached hydrogens (primary N) is 3. The zero-order chi connectivity index (χ0) is 33.7. The highest BCUT2D eigenvalue weighted by Gasteiger charge is 2.39. The van der Waals surface area contributed by atoms with E-state index in [4.69, 9.17) is 22.2 Å². The van der Waals surface area contributed by atoms with E-state index in [0.717, 1.165) is 82.2 Å². The number of nitrogens with one attached hydrogen (secondary N) is 2. The van der Waals surface area contributed by atoms with Crippen LogP contribution < -0.4 is 32.5 Å². The Morgan fingerprint density at radius 1 is 0.938 bits per heavy atom. The first-order valence-electron chi connectivity index (χ1n) is 16.7. The van der Waals surface area contributed by atoms with Crippen LogP contribution in [0.3, 0.4) is 0 Å². The van der Waals surface area contributed by atoms with Gasteiger partial charge in [-0.3, -0.25) is 4.79 Å². The van der Waals surface area contributed by atoms with Crippen LogP contribution in [0.15, 0.2) is 85.2 Å². The van der Waals surface area contributed by atoms with E-state index in [2.05, 4.69) is 58.8 Å². The average Bonchev–Trinajstić information content (AvgIpc) is 3.06. The molecule has 0 spiro atoms. The number of anilines is 2. The molecule has 1 aliphatic heterocycles.